The van der Waals surface area contributed by atoms with E-state index < -0.39 is 16.3 Å². The summed E-state index contributed by atoms with van der Waals surface area (Å²) in [7, 11) is 0. The Kier molecular flexibility index (Phi) is 4.04. The van der Waals surface area contributed by atoms with Gasteiger partial charge in [-0.1, -0.05) is 61.5 Å². The standard InChI is InChI=1S/C22H19ClN2O2/c1-14-12-24-19(25-13-14)16-8-10-17(11-9-16)21(2)18(22(21,23)20(26)27)15-6-4-3-5-7-15/h3-13,18H,1-2H3,(H,26,27)/t18-,21+,22+/m0/s1. The zero-order valence-corrected chi connectivity index (χ0v) is 15.8. The van der Waals surface area contributed by atoms with Gasteiger partial charge >= 0.3 is 5.97 Å². The van der Waals surface area contributed by atoms with Crippen LogP contribution in [0.2, 0.25) is 0 Å². The number of carbonyl (C=O) groups is 1. The zero-order chi connectivity index (χ0) is 19.2. The fourth-order valence-corrected chi connectivity index (χ4v) is 4.52. The van der Waals surface area contributed by atoms with Gasteiger partial charge in [0.15, 0.2) is 10.7 Å². The third-order valence-corrected chi connectivity index (χ3v) is 6.39. The largest absolute Gasteiger partial charge is 0.480 e. The van der Waals surface area contributed by atoms with Crippen molar-refractivity contribution in [1.29, 1.82) is 0 Å². The number of aromatic nitrogens is 2. The molecule has 0 unspecified atom stereocenters. The first kappa shape index (κ1) is 17.7. The third-order valence-electron chi connectivity index (χ3n) is 5.62. The molecule has 1 aromatic heterocycles. The maximum atomic E-state index is 12.0. The quantitative estimate of drug-likeness (QED) is 0.675. The summed E-state index contributed by atoms with van der Waals surface area (Å²) in [4.78, 5) is 19.3. The summed E-state index contributed by atoms with van der Waals surface area (Å²) in [6, 6.07) is 17.3. The van der Waals surface area contributed by atoms with E-state index in [2.05, 4.69) is 9.97 Å². The third kappa shape index (κ3) is 2.55. The molecule has 3 aromatic rings. The predicted molar refractivity (Wildman–Crippen MR) is 105 cm³/mol. The molecular weight excluding hydrogens is 360 g/mol. The predicted octanol–water partition coefficient (Wildman–Crippen LogP) is 4.57. The summed E-state index contributed by atoms with van der Waals surface area (Å²) < 4.78 is 0. The van der Waals surface area contributed by atoms with Crippen molar-refractivity contribution in [3.8, 4) is 11.4 Å². The van der Waals surface area contributed by atoms with E-state index in [1.165, 1.54) is 0 Å². The molecule has 27 heavy (non-hydrogen) atoms. The monoisotopic (exact) mass is 378 g/mol. The molecule has 1 aliphatic carbocycles. The molecule has 1 saturated carbocycles. The van der Waals surface area contributed by atoms with E-state index in [0.29, 0.717) is 5.82 Å². The number of rotatable bonds is 4. The van der Waals surface area contributed by atoms with Crippen LogP contribution < -0.4 is 0 Å². The molecule has 0 aliphatic heterocycles. The molecule has 5 heteroatoms. The summed E-state index contributed by atoms with van der Waals surface area (Å²) in [5, 5.41) is 9.85. The minimum Gasteiger partial charge on any atom is -0.480 e. The molecular formula is C22H19ClN2O2. The molecule has 1 fully saturated rings. The lowest BCUT2D eigenvalue weighted by molar-refractivity contribution is -0.138. The molecule has 0 radical (unpaired) electrons. The van der Waals surface area contributed by atoms with Gasteiger partial charge in [0.05, 0.1) is 0 Å². The Hall–Kier alpha value is -2.72. The molecule has 0 spiro atoms. The molecule has 3 atom stereocenters. The van der Waals surface area contributed by atoms with Gasteiger partial charge in [-0.25, -0.2) is 9.97 Å². The molecule has 1 aliphatic rings. The first-order valence-electron chi connectivity index (χ1n) is 8.76. The molecule has 0 saturated heterocycles. The van der Waals surface area contributed by atoms with Gasteiger partial charge in [-0.05, 0) is 23.6 Å². The Morgan fingerprint density at radius 3 is 2.19 bits per heavy atom. The molecule has 1 N–H and O–H groups in total. The van der Waals surface area contributed by atoms with E-state index >= 15 is 0 Å². The van der Waals surface area contributed by atoms with Crippen molar-refractivity contribution >= 4 is 17.6 Å². The lowest BCUT2D eigenvalue weighted by Gasteiger charge is -2.14. The van der Waals surface area contributed by atoms with Crippen molar-refractivity contribution in [2.24, 2.45) is 0 Å². The fraction of sp³-hybridized carbons (Fsp3) is 0.227. The summed E-state index contributed by atoms with van der Waals surface area (Å²) in [6.45, 7) is 3.86. The number of aliphatic carboxylic acids is 1. The van der Waals surface area contributed by atoms with Crippen LogP contribution in [0.3, 0.4) is 0 Å². The molecule has 1 heterocycles. The Bertz CT molecular complexity index is 989. The Morgan fingerprint density at radius 2 is 1.63 bits per heavy atom. The second-order valence-corrected chi connectivity index (χ2v) is 7.82. The lowest BCUT2D eigenvalue weighted by Crippen LogP contribution is -2.25. The fourth-order valence-electron chi connectivity index (χ4n) is 4.01. The smallest absolute Gasteiger partial charge is 0.326 e. The Labute approximate surface area is 162 Å². The maximum absolute atomic E-state index is 12.0. The number of carboxylic acid groups (broad SMARTS) is 1. The van der Waals surface area contributed by atoms with Crippen LogP contribution in [0.15, 0.2) is 67.0 Å². The van der Waals surface area contributed by atoms with Crippen molar-refractivity contribution in [2.75, 3.05) is 0 Å². The first-order valence-corrected chi connectivity index (χ1v) is 9.13. The van der Waals surface area contributed by atoms with Crippen LogP contribution in [-0.2, 0) is 10.2 Å². The average molecular weight is 379 g/mol. The number of benzene rings is 2. The SMILES string of the molecule is Cc1cnc(-c2ccc([C@]3(C)[C@H](c4ccccc4)[C@@]3(Cl)C(=O)O)cc2)nc1. The van der Waals surface area contributed by atoms with Crippen LogP contribution in [-0.4, -0.2) is 25.9 Å². The summed E-state index contributed by atoms with van der Waals surface area (Å²) in [5.74, 6) is -0.651. The molecule has 2 aromatic carbocycles. The number of hydrogen-bond acceptors (Lipinski definition) is 3. The van der Waals surface area contributed by atoms with Gasteiger partial charge in [-0.2, -0.15) is 0 Å². The van der Waals surface area contributed by atoms with E-state index in [1.807, 2.05) is 68.4 Å². The van der Waals surface area contributed by atoms with Crippen LogP contribution in [0.1, 0.15) is 29.5 Å². The van der Waals surface area contributed by atoms with E-state index in [0.717, 1.165) is 22.3 Å². The number of halogens is 1. The van der Waals surface area contributed by atoms with E-state index in [9.17, 15) is 9.90 Å². The number of nitrogens with zero attached hydrogens (tertiary/aromatic N) is 2. The van der Waals surface area contributed by atoms with Gasteiger partial charge < -0.3 is 5.11 Å². The van der Waals surface area contributed by atoms with Crippen molar-refractivity contribution in [3.63, 3.8) is 0 Å². The highest BCUT2D eigenvalue weighted by molar-refractivity contribution is 6.39. The van der Waals surface area contributed by atoms with Crippen LogP contribution in [0, 0.1) is 6.92 Å². The molecule has 136 valence electrons. The van der Waals surface area contributed by atoms with Crippen LogP contribution in [0.25, 0.3) is 11.4 Å². The molecule has 0 amide bonds. The van der Waals surface area contributed by atoms with Gasteiger partial charge in [0, 0.05) is 29.3 Å². The molecule has 4 nitrogen and oxygen atoms in total. The maximum Gasteiger partial charge on any atom is 0.326 e. The minimum absolute atomic E-state index is 0.299. The summed E-state index contributed by atoms with van der Waals surface area (Å²) >= 11 is 6.67. The van der Waals surface area contributed by atoms with Crippen LogP contribution >= 0.6 is 11.6 Å². The van der Waals surface area contributed by atoms with Crippen molar-refractivity contribution in [2.45, 2.75) is 30.1 Å². The summed E-state index contributed by atoms with van der Waals surface area (Å²) in [5.41, 5.74) is 3.01. The number of hydrogen-bond donors (Lipinski definition) is 1. The molecule has 0 bridgehead atoms. The van der Waals surface area contributed by atoms with Gasteiger partial charge in [0.25, 0.3) is 0 Å². The van der Waals surface area contributed by atoms with E-state index in [-0.39, 0.29) is 5.92 Å². The lowest BCUT2D eigenvalue weighted by atomic mass is 9.91. The van der Waals surface area contributed by atoms with Gasteiger partial charge in [-0.15, -0.1) is 11.6 Å². The van der Waals surface area contributed by atoms with E-state index in [4.69, 9.17) is 11.6 Å². The van der Waals surface area contributed by atoms with Gasteiger partial charge in [0.1, 0.15) is 0 Å². The number of carboxylic acids is 1. The highest BCUT2D eigenvalue weighted by Crippen LogP contribution is 2.72. The topological polar surface area (TPSA) is 63.1 Å². The van der Waals surface area contributed by atoms with Crippen LogP contribution in [0.5, 0.6) is 0 Å². The molecule has 4 rings (SSSR count). The van der Waals surface area contributed by atoms with Crippen molar-refractivity contribution in [1.82, 2.24) is 9.97 Å². The minimum atomic E-state index is -1.36. The van der Waals surface area contributed by atoms with Crippen LogP contribution in [0.4, 0.5) is 0 Å². The van der Waals surface area contributed by atoms with Crippen molar-refractivity contribution < 1.29 is 9.90 Å². The Morgan fingerprint density at radius 1 is 1.04 bits per heavy atom. The highest BCUT2D eigenvalue weighted by atomic mass is 35.5. The zero-order valence-electron chi connectivity index (χ0n) is 15.1. The second-order valence-electron chi connectivity index (χ2n) is 7.22. The average Bonchev–Trinajstić information content (AvgIpc) is 3.21. The number of aryl methyl sites for hydroxylation is 1. The second kappa shape index (κ2) is 6.17. The Balaban J connectivity index is 1.73. The summed E-state index contributed by atoms with van der Waals surface area (Å²) in [6.07, 6.45) is 3.55. The highest BCUT2D eigenvalue weighted by Gasteiger charge is 2.79. The van der Waals surface area contributed by atoms with Gasteiger partial charge in [0.2, 0.25) is 0 Å². The van der Waals surface area contributed by atoms with E-state index in [1.54, 1.807) is 12.4 Å². The normalized spacial score (nSPS) is 26.6. The van der Waals surface area contributed by atoms with Gasteiger partial charge in [-0.3, -0.25) is 4.79 Å². The number of alkyl halides is 1. The van der Waals surface area contributed by atoms with Crippen molar-refractivity contribution in [3.05, 3.63) is 83.7 Å². The first-order chi connectivity index (χ1) is 12.9.